The fraction of sp³-hybridized carbons (Fsp3) is 0.174. The van der Waals surface area contributed by atoms with Gasteiger partial charge in [0.1, 0.15) is 0 Å². The Morgan fingerprint density at radius 1 is 1.28 bits per heavy atom. The van der Waals surface area contributed by atoms with E-state index >= 15 is 0 Å². The highest BCUT2D eigenvalue weighted by Crippen LogP contribution is 2.34. The van der Waals surface area contributed by atoms with Crippen molar-refractivity contribution in [2.24, 2.45) is 0 Å². The predicted molar refractivity (Wildman–Crippen MR) is 123 cm³/mol. The van der Waals surface area contributed by atoms with Gasteiger partial charge in [0.05, 0.1) is 24.3 Å². The summed E-state index contributed by atoms with van der Waals surface area (Å²) >= 11 is 6.09. The monoisotopic (exact) mass is 446 g/mol. The van der Waals surface area contributed by atoms with E-state index in [9.17, 15) is 9.59 Å². The van der Waals surface area contributed by atoms with E-state index in [1.165, 1.54) is 4.90 Å². The van der Waals surface area contributed by atoms with Crippen LogP contribution in [-0.2, 0) is 11.2 Å². The van der Waals surface area contributed by atoms with E-state index in [-0.39, 0.29) is 24.8 Å². The molecule has 160 valence electrons. The van der Waals surface area contributed by atoms with E-state index in [0.717, 1.165) is 11.1 Å². The molecule has 8 nitrogen and oxygen atoms in total. The molecule has 9 heteroatoms. The summed E-state index contributed by atoms with van der Waals surface area (Å²) < 4.78 is 0. The number of likely N-dealkylation sites (N-methyl/N-ethyl adjacent to an activating group) is 1. The molecule has 3 aromatic rings. The number of benzene rings is 2. The van der Waals surface area contributed by atoms with Gasteiger partial charge in [-0.2, -0.15) is 0 Å². The zero-order valence-electron chi connectivity index (χ0n) is 17.2. The van der Waals surface area contributed by atoms with Gasteiger partial charge in [-0.25, -0.2) is 16.5 Å². The fourth-order valence-electron chi connectivity index (χ4n) is 3.37. The number of nitrogens with zero attached hydrogens (tertiary/aromatic N) is 4. The Hall–Kier alpha value is -3.96. The Morgan fingerprint density at radius 3 is 2.81 bits per heavy atom. The molecule has 0 bridgehead atoms. The van der Waals surface area contributed by atoms with Crippen molar-refractivity contribution in [1.29, 1.82) is 0 Å². The maximum atomic E-state index is 12.4. The van der Waals surface area contributed by atoms with E-state index < -0.39 is 0 Å². The van der Waals surface area contributed by atoms with Crippen molar-refractivity contribution < 1.29 is 9.59 Å². The average molecular weight is 447 g/mol. The molecule has 2 amide bonds. The lowest BCUT2D eigenvalue weighted by molar-refractivity contribution is -0.115. The van der Waals surface area contributed by atoms with Crippen LogP contribution in [0, 0.1) is 6.57 Å². The fourth-order valence-corrected chi connectivity index (χ4v) is 3.54. The average Bonchev–Trinajstić information content (AvgIpc) is 2.92. The number of halogens is 1. The molecule has 2 aromatic carbocycles. The van der Waals surface area contributed by atoms with Gasteiger partial charge in [-0.1, -0.05) is 11.6 Å². The quantitative estimate of drug-likeness (QED) is 0.577. The van der Waals surface area contributed by atoms with Gasteiger partial charge in [-0.15, -0.1) is 0 Å². The molecule has 1 aliphatic heterocycles. The molecule has 2 N–H and O–H groups in total. The highest BCUT2D eigenvalue weighted by molar-refractivity contribution is 6.31. The van der Waals surface area contributed by atoms with Crippen molar-refractivity contribution in [3.05, 3.63) is 76.2 Å². The normalized spacial score (nSPS) is 12.0. The van der Waals surface area contributed by atoms with Crippen LogP contribution in [0.2, 0.25) is 5.02 Å². The summed E-state index contributed by atoms with van der Waals surface area (Å²) in [5.41, 5.74) is 3.99. The Bertz CT molecular complexity index is 1240. The van der Waals surface area contributed by atoms with Gasteiger partial charge in [0.25, 0.3) is 5.91 Å². The van der Waals surface area contributed by atoms with Gasteiger partial charge < -0.3 is 20.4 Å². The molecule has 32 heavy (non-hydrogen) atoms. The number of carbonyl (C=O) groups excluding carboxylic acids is 2. The number of fused-ring (bicyclic) bond motifs is 3. The van der Waals surface area contributed by atoms with Crippen molar-refractivity contribution in [3.63, 3.8) is 0 Å². The first-order chi connectivity index (χ1) is 15.4. The van der Waals surface area contributed by atoms with E-state index in [2.05, 4.69) is 25.4 Å². The van der Waals surface area contributed by atoms with Crippen LogP contribution < -0.4 is 10.6 Å². The highest BCUT2D eigenvalue weighted by atomic mass is 35.5. The van der Waals surface area contributed by atoms with Crippen LogP contribution in [0.5, 0.6) is 0 Å². The van der Waals surface area contributed by atoms with Crippen LogP contribution >= 0.6 is 11.6 Å². The number of amides is 2. The molecular weight excluding hydrogens is 428 g/mol. The van der Waals surface area contributed by atoms with Crippen LogP contribution in [-0.4, -0.2) is 46.8 Å². The van der Waals surface area contributed by atoms with Crippen molar-refractivity contribution in [2.75, 3.05) is 30.8 Å². The standard InChI is InChI=1S/C23H19ClN6O2/c1-25-9-10-30(2)22(32)14-3-6-17(7-4-14)27-23-26-13-15-11-20(31)28-19-12-16(24)5-8-18(19)21(15)29-23/h3-8,12-13H,9-11H2,2H3,(H,28,31)(H,26,27,29). The van der Waals surface area contributed by atoms with Crippen molar-refractivity contribution in [2.45, 2.75) is 6.42 Å². The molecule has 0 aliphatic carbocycles. The minimum atomic E-state index is -0.154. The van der Waals surface area contributed by atoms with E-state index in [1.807, 2.05) is 6.07 Å². The van der Waals surface area contributed by atoms with Gasteiger partial charge in [-0.05, 0) is 42.5 Å². The van der Waals surface area contributed by atoms with Gasteiger partial charge in [0, 0.05) is 40.6 Å². The lowest BCUT2D eigenvalue weighted by Crippen LogP contribution is -2.28. The van der Waals surface area contributed by atoms with Crippen LogP contribution in [0.4, 0.5) is 17.3 Å². The van der Waals surface area contributed by atoms with Crippen LogP contribution in [0.1, 0.15) is 15.9 Å². The maximum absolute atomic E-state index is 12.4. The van der Waals surface area contributed by atoms with E-state index in [0.29, 0.717) is 40.1 Å². The largest absolute Gasteiger partial charge is 0.334 e. The molecule has 0 saturated carbocycles. The summed E-state index contributed by atoms with van der Waals surface area (Å²) in [6.45, 7) is 7.50. The summed E-state index contributed by atoms with van der Waals surface area (Å²) in [6.07, 6.45) is 1.80. The van der Waals surface area contributed by atoms with Gasteiger partial charge >= 0.3 is 0 Å². The first-order valence-electron chi connectivity index (χ1n) is 9.86. The molecule has 0 saturated heterocycles. The van der Waals surface area contributed by atoms with E-state index in [4.69, 9.17) is 18.2 Å². The molecular formula is C23H19ClN6O2. The summed E-state index contributed by atoms with van der Waals surface area (Å²) in [5.74, 6) is 0.0689. The number of hydrogen-bond donors (Lipinski definition) is 2. The summed E-state index contributed by atoms with van der Waals surface area (Å²) in [6, 6.07) is 12.2. The first kappa shape index (κ1) is 21.3. The summed E-state index contributed by atoms with van der Waals surface area (Å²) in [7, 11) is 1.67. The zero-order chi connectivity index (χ0) is 22.7. The Labute approximate surface area is 190 Å². The molecule has 0 unspecified atom stereocenters. The smallest absolute Gasteiger partial charge is 0.253 e. The molecule has 0 atom stereocenters. The topological polar surface area (TPSA) is 91.6 Å². The number of aromatic nitrogens is 2. The lowest BCUT2D eigenvalue weighted by Gasteiger charge is -2.14. The lowest BCUT2D eigenvalue weighted by atomic mass is 10.1. The predicted octanol–water partition coefficient (Wildman–Crippen LogP) is 4.03. The van der Waals surface area contributed by atoms with Crippen molar-refractivity contribution >= 4 is 40.7 Å². The molecule has 1 aromatic heterocycles. The van der Waals surface area contributed by atoms with Gasteiger partial charge in [0.2, 0.25) is 18.4 Å². The molecule has 0 spiro atoms. The molecule has 1 aliphatic rings. The minimum Gasteiger partial charge on any atom is -0.334 e. The van der Waals surface area contributed by atoms with Gasteiger partial charge in [-0.3, -0.25) is 9.59 Å². The zero-order valence-corrected chi connectivity index (χ0v) is 18.0. The van der Waals surface area contributed by atoms with Crippen LogP contribution in [0.15, 0.2) is 48.7 Å². The van der Waals surface area contributed by atoms with Crippen LogP contribution in [0.3, 0.4) is 0 Å². The van der Waals surface area contributed by atoms with Crippen molar-refractivity contribution in [1.82, 2.24) is 14.9 Å². The molecule has 4 rings (SSSR count). The molecule has 0 radical (unpaired) electrons. The molecule has 0 fully saturated rings. The van der Waals surface area contributed by atoms with Crippen molar-refractivity contribution in [3.8, 4) is 11.3 Å². The number of anilines is 3. The second-order valence-corrected chi connectivity index (χ2v) is 7.73. The second kappa shape index (κ2) is 9.04. The van der Waals surface area contributed by atoms with Gasteiger partial charge in [0.15, 0.2) is 0 Å². The Balaban J connectivity index is 1.57. The van der Waals surface area contributed by atoms with E-state index in [1.54, 1.807) is 49.6 Å². The summed E-state index contributed by atoms with van der Waals surface area (Å²) in [5, 5.41) is 6.52. The molecule has 2 heterocycles. The summed E-state index contributed by atoms with van der Waals surface area (Å²) in [4.78, 5) is 38.4. The number of rotatable bonds is 5. The Kier molecular flexibility index (Phi) is 6.01. The highest BCUT2D eigenvalue weighted by Gasteiger charge is 2.21. The SMILES string of the molecule is [C-]#[N+]CCN(C)C(=O)c1ccc(Nc2ncc3c(n2)-c2ccc(Cl)cc2NC(=O)C3)cc1. The number of hydrogen-bond acceptors (Lipinski definition) is 5. The Morgan fingerprint density at radius 2 is 2.06 bits per heavy atom. The second-order valence-electron chi connectivity index (χ2n) is 7.29. The number of carbonyl (C=O) groups is 2. The maximum Gasteiger partial charge on any atom is 0.253 e. The third-order valence-corrected chi connectivity index (χ3v) is 5.24. The third-order valence-electron chi connectivity index (χ3n) is 5.01. The third kappa shape index (κ3) is 4.53. The number of nitrogens with one attached hydrogen (secondary N) is 2. The van der Waals surface area contributed by atoms with Crippen LogP contribution in [0.25, 0.3) is 16.1 Å². The minimum absolute atomic E-state index is 0.145. The first-order valence-corrected chi connectivity index (χ1v) is 10.2.